The molecule has 2 aliphatic rings. The number of carboxylic acids is 2. The van der Waals surface area contributed by atoms with E-state index in [9.17, 15) is 29.4 Å². The molecule has 31 heavy (non-hydrogen) atoms. The van der Waals surface area contributed by atoms with E-state index in [0.29, 0.717) is 12.4 Å². The molecule has 3 N–H and O–H groups in total. The smallest absolute Gasteiger partial charge is 0.327 e. The fourth-order valence-corrected chi connectivity index (χ4v) is 5.65. The molecule has 1 aromatic carbocycles. The van der Waals surface area contributed by atoms with Crippen LogP contribution < -0.4 is 10.1 Å². The predicted molar refractivity (Wildman–Crippen MR) is 113 cm³/mol. The molecule has 0 bridgehead atoms. The SMILES string of the molecule is CCOc1ccc(CC(CC(=O)N[C@@H]2C(=O)N3[C@@H]2SC(C)(C)[C@@H]3C(=O)O)C(=O)O)cc1. The lowest BCUT2D eigenvalue weighted by Gasteiger charge is -2.43. The highest BCUT2D eigenvalue weighted by molar-refractivity contribution is 8.01. The van der Waals surface area contributed by atoms with Crippen LogP contribution in [-0.2, 0) is 25.6 Å². The number of rotatable bonds is 9. The fourth-order valence-electron chi connectivity index (χ4n) is 4.02. The van der Waals surface area contributed by atoms with Crippen molar-refractivity contribution in [1.82, 2.24) is 10.2 Å². The van der Waals surface area contributed by atoms with E-state index in [0.717, 1.165) is 5.56 Å². The largest absolute Gasteiger partial charge is 0.494 e. The Labute approximate surface area is 184 Å². The number of nitrogens with one attached hydrogen (secondary N) is 1. The first-order valence-corrected chi connectivity index (χ1v) is 10.9. The Hall–Kier alpha value is -2.75. The maximum absolute atomic E-state index is 12.5. The predicted octanol–water partition coefficient (Wildman–Crippen LogP) is 1.35. The lowest BCUT2D eigenvalue weighted by atomic mass is 9.94. The minimum Gasteiger partial charge on any atom is -0.494 e. The molecule has 0 spiro atoms. The minimum absolute atomic E-state index is 0.159. The number of carboxylic acid groups (broad SMARTS) is 2. The number of hydrogen-bond donors (Lipinski definition) is 3. The molecule has 2 saturated heterocycles. The van der Waals surface area contributed by atoms with Crippen LogP contribution in [0.25, 0.3) is 0 Å². The molecule has 2 amide bonds. The van der Waals surface area contributed by atoms with E-state index in [1.165, 1.54) is 16.7 Å². The van der Waals surface area contributed by atoms with Gasteiger partial charge in [-0.05, 0) is 44.9 Å². The zero-order valence-electron chi connectivity index (χ0n) is 17.5. The standard InChI is InChI=1S/C21H26N2O7S/c1-4-30-13-7-5-11(6-8-13)9-12(19(26)27)10-14(24)22-15-17(25)23-16(20(28)29)21(2,3)31-18(15)23/h5-8,12,15-16,18H,4,9-10H2,1-3H3,(H,22,24)(H,26,27)(H,28,29)/t12?,15-,16+,18-/m1/s1. The Morgan fingerprint density at radius 1 is 1.23 bits per heavy atom. The van der Waals surface area contributed by atoms with Crippen LogP contribution in [0, 0.1) is 5.92 Å². The van der Waals surface area contributed by atoms with Crippen LogP contribution in [0.1, 0.15) is 32.8 Å². The molecule has 10 heteroatoms. The number of thioether (sulfide) groups is 1. The van der Waals surface area contributed by atoms with Gasteiger partial charge in [0.2, 0.25) is 11.8 Å². The number of carbonyl (C=O) groups is 4. The Kier molecular flexibility index (Phi) is 6.49. The van der Waals surface area contributed by atoms with Gasteiger partial charge in [-0.1, -0.05) is 12.1 Å². The summed E-state index contributed by atoms with van der Waals surface area (Å²) < 4.78 is 4.68. The maximum Gasteiger partial charge on any atom is 0.327 e. The Balaban J connectivity index is 1.60. The molecule has 0 saturated carbocycles. The van der Waals surface area contributed by atoms with Gasteiger partial charge in [-0.3, -0.25) is 14.4 Å². The second kappa shape index (κ2) is 8.78. The molecule has 9 nitrogen and oxygen atoms in total. The summed E-state index contributed by atoms with van der Waals surface area (Å²) in [6.45, 7) is 5.89. The number of carbonyl (C=O) groups excluding carboxylic acids is 2. The molecule has 1 unspecified atom stereocenters. The number of ether oxygens (including phenoxy) is 1. The topological polar surface area (TPSA) is 133 Å². The number of benzene rings is 1. The summed E-state index contributed by atoms with van der Waals surface area (Å²) in [4.78, 5) is 49.5. The van der Waals surface area contributed by atoms with Crippen LogP contribution in [-0.4, -0.2) is 67.7 Å². The summed E-state index contributed by atoms with van der Waals surface area (Å²) in [5.41, 5.74) is 0.756. The molecule has 2 fully saturated rings. The Bertz CT molecular complexity index is 886. The van der Waals surface area contributed by atoms with E-state index < -0.39 is 51.9 Å². The minimum atomic E-state index is -1.10. The summed E-state index contributed by atoms with van der Waals surface area (Å²) in [5, 5.41) is 21.1. The highest BCUT2D eigenvalue weighted by atomic mass is 32.2. The fraction of sp³-hybridized carbons (Fsp3) is 0.524. The van der Waals surface area contributed by atoms with E-state index in [4.69, 9.17) is 4.74 Å². The van der Waals surface area contributed by atoms with Gasteiger partial charge in [-0.25, -0.2) is 4.79 Å². The third kappa shape index (κ3) is 4.63. The number of hydrogen-bond acceptors (Lipinski definition) is 6. The number of β-lactam (4-membered cyclic amide) rings is 1. The van der Waals surface area contributed by atoms with Gasteiger partial charge in [-0.2, -0.15) is 0 Å². The molecule has 0 radical (unpaired) electrons. The second-order valence-electron chi connectivity index (χ2n) is 8.16. The van der Waals surface area contributed by atoms with Gasteiger partial charge < -0.3 is 25.2 Å². The third-order valence-corrected chi connectivity index (χ3v) is 7.06. The molecule has 4 atom stereocenters. The highest BCUT2D eigenvalue weighted by Crippen LogP contribution is 2.50. The van der Waals surface area contributed by atoms with Crippen molar-refractivity contribution in [3.05, 3.63) is 29.8 Å². The van der Waals surface area contributed by atoms with Crippen LogP contribution in [0.5, 0.6) is 5.75 Å². The quantitative estimate of drug-likeness (QED) is 0.480. The van der Waals surface area contributed by atoms with Gasteiger partial charge in [-0.15, -0.1) is 11.8 Å². The van der Waals surface area contributed by atoms with Crippen molar-refractivity contribution in [3.8, 4) is 5.75 Å². The average molecular weight is 451 g/mol. The molecule has 0 aliphatic carbocycles. The van der Waals surface area contributed by atoms with Crippen molar-refractivity contribution in [2.24, 2.45) is 5.92 Å². The van der Waals surface area contributed by atoms with Crippen LogP contribution in [0.2, 0.25) is 0 Å². The molecule has 0 aromatic heterocycles. The first-order valence-electron chi connectivity index (χ1n) is 10.0. The molecular weight excluding hydrogens is 424 g/mol. The van der Waals surface area contributed by atoms with Crippen molar-refractivity contribution in [1.29, 1.82) is 0 Å². The summed E-state index contributed by atoms with van der Waals surface area (Å²) in [5.74, 6) is -3.47. The van der Waals surface area contributed by atoms with E-state index in [1.807, 2.05) is 6.92 Å². The second-order valence-corrected chi connectivity index (χ2v) is 9.93. The van der Waals surface area contributed by atoms with Gasteiger partial charge in [0.25, 0.3) is 0 Å². The molecule has 1 aromatic rings. The normalized spacial score (nSPS) is 24.7. The van der Waals surface area contributed by atoms with E-state index >= 15 is 0 Å². The number of amides is 2. The van der Waals surface area contributed by atoms with Crippen molar-refractivity contribution >= 4 is 35.5 Å². The average Bonchev–Trinajstić information content (AvgIpc) is 2.95. The molecule has 2 aliphatic heterocycles. The zero-order chi connectivity index (χ0) is 22.9. The maximum atomic E-state index is 12.5. The lowest BCUT2D eigenvalue weighted by molar-refractivity contribution is -0.161. The molecule has 3 rings (SSSR count). The van der Waals surface area contributed by atoms with E-state index in [-0.39, 0.29) is 12.8 Å². The summed E-state index contributed by atoms with van der Waals surface area (Å²) in [6, 6.07) is 5.20. The van der Waals surface area contributed by atoms with Gasteiger partial charge >= 0.3 is 11.9 Å². The van der Waals surface area contributed by atoms with Gasteiger partial charge in [0.15, 0.2) is 0 Å². The molecule has 168 valence electrons. The van der Waals surface area contributed by atoms with Crippen LogP contribution in [0.4, 0.5) is 0 Å². The first kappa shape index (κ1) is 22.9. The van der Waals surface area contributed by atoms with E-state index in [2.05, 4.69) is 5.32 Å². The molecule has 2 heterocycles. The number of aliphatic carboxylic acids is 2. The van der Waals surface area contributed by atoms with Crippen LogP contribution in [0.3, 0.4) is 0 Å². The Morgan fingerprint density at radius 3 is 2.42 bits per heavy atom. The van der Waals surface area contributed by atoms with Crippen LogP contribution >= 0.6 is 11.8 Å². The highest BCUT2D eigenvalue weighted by Gasteiger charge is 2.64. The van der Waals surface area contributed by atoms with Gasteiger partial charge in [0, 0.05) is 11.2 Å². The monoisotopic (exact) mass is 450 g/mol. The number of fused-ring (bicyclic) bond motifs is 1. The third-order valence-electron chi connectivity index (χ3n) is 5.49. The summed E-state index contributed by atoms with van der Waals surface area (Å²) in [7, 11) is 0. The molecular formula is C21H26N2O7S. The van der Waals surface area contributed by atoms with Crippen molar-refractivity contribution in [3.63, 3.8) is 0 Å². The van der Waals surface area contributed by atoms with Gasteiger partial charge in [0.1, 0.15) is 23.2 Å². The van der Waals surface area contributed by atoms with Gasteiger partial charge in [0.05, 0.1) is 12.5 Å². The first-order chi connectivity index (χ1) is 14.5. The van der Waals surface area contributed by atoms with Crippen molar-refractivity contribution in [2.45, 2.75) is 55.8 Å². The van der Waals surface area contributed by atoms with Crippen molar-refractivity contribution in [2.75, 3.05) is 6.61 Å². The lowest BCUT2D eigenvalue weighted by Crippen LogP contribution is -2.70. The van der Waals surface area contributed by atoms with Crippen molar-refractivity contribution < 1.29 is 34.1 Å². The van der Waals surface area contributed by atoms with E-state index in [1.54, 1.807) is 38.1 Å². The zero-order valence-corrected chi connectivity index (χ0v) is 18.3. The van der Waals surface area contributed by atoms with Crippen LogP contribution in [0.15, 0.2) is 24.3 Å². The number of nitrogens with zero attached hydrogens (tertiary/aromatic N) is 1. The summed E-state index contributed by atoms with van der Waals surface area (Å²) >= 11 is 1.32. The Morgan fingerprint density at radius 2 is 1.87 bits per heavy atom. The summed E-state index contributed by atoms with van der Waals surface area (Å²) in [6.07, 6.45) is -0.123.